The van der Waals surface area contributed by atoms with Gasteiger partial charge in [0.2, 0.25) is 0 Å². The molecule has 86 valence electrons. The van der Waals surface area contributed by atoms with Crippen LogP contribution in [0.5, 0.6) is 0 Å². The zero-order valence-corrected chi connectivity index (χ0v) is 9.53. The molecule has 0 saturated carbocycles. The van der Waals surface area contributed by atoms with Gasteiger partial charge in [0.15, 0.2) is 0 Å². The molecule has 0 aliphatic carbocycles. The SMILES string of the molecule is C=CCCNC(=O)c1ccccc1COC. The zero-order chi connectivity index (χ0) is 11.8. The van der Waals surface area contributed by atoms with E-state index < -0.39 is 0 Å². The Morgan fingerprint density at radius 1 is 1.50 bits per heavy atom. The first-order valence-electron chi connectivity index (χ1n) is 5.25. The Balaban J connectivity index is 2.69. The summed E-state index contributed by atoms with van der Waals surface area (Å²) in [6, 6.07) is 7.44. The minimum absolute atomic E-state index is 0.0606. The molecule has 0 spiro atoms. The van der Waals surface area contributed by atoms with E-state index in [1.807, 2.05) is 18.2 Å². The number of ether oxygens (including phenoxy) is 1. The lowest BCUT2D eigenvalue weighted by atomic mass is 10.1. The Morgan fingerprint density at radius 3 is 2.94 bits per heavy atom. The lowest BCUT2D eigenvalue weighted by molar-refractivity contribution is 0.0949. The van der Waals surface area contributed by atoms with Crippen LogP contribution < -0.4 is 5.32 Å². The summed E-state index contributed by atoms with van der Waals surface area (Å²) in [5.41, 5.74) is 1.58. The van der Waals surface area contributed by atoms with E-state index in [9.17, 15) is 4.79 Å². The molecule has 0 fully saturated rings. The summed E-state index contributed by atoms with van der Waals surface area (Å²) in [6.07, 6.45) is 2.56. The molecule has 1 amide bonds. The molecule has 0 aromatic heterocycles. The standard InChI is InChI=1S/C13H17NO2/c1-3-4-9-14-13(15)12-8-6-5-7-11(12)10-16-2/h3,5-8H,1,4,9-10H2,2H3,(H,14,15). The van der Waals surface area contributed by atoms with Crippen LogP contribution in [0.25, 0.3) is 0 Å². The third-order valence-electron chi connectivity index (χ3n) is 2.20. The number of hydrogen-bond donors (Lipinski definition) is 1. The first-order chi connectivity index (χ1) is 7.79. The Morgan fingerprint density at radius 2 is 2.25 bits per heavy atom. The van der Waals surface area contributed by atoms with Crippen molar-refractivity contribution in [3.05, 3.63) is 48.0 Å². The van der Waals surface area contributed by atoms with E-state index in [1.54, 1.807) is 19.3 Å². The number of amides is 1. The van der Waals surface area contributed by atoms with E-state index in [-0.39, 0.29) is 5.91 Å². The molecule has 1 rings (SSSR count). The molecule has 0 saturated heterocycles. The number of carbonyl (C=O) groups excluding carboxylic acids is 1. The fourth-order valence-electron chi connectivity index (χ4n) is 1.41. The number of nitrogens with one attached hydrogen (secondary N) is 1. The van der Waals surface area contributed by atoms with Gasteiger partial charge in [-0.3, -0.25) is 4.79 Å². The maximum atomic E-state index is 11.8. The molecular formula is C13H17NO2. The van der Waals surface area contributed by atoms with Crippen LogP contribution in [0.3, 0.4) is 0 Å². The Bertz CT molecular complexity index is 361. The summed E-state index contributed by atoms with van der Waals surface area (Å²) in [4.78, 5) is 11.8. The summed E-state index contributed by atoms with van der Waals surface area (Å²) in [5, 5.41) is 2.83. The highest BCUT2D eigenvalue weighted by atomic mass is 16.5. The van der Waals surface area contributed by atoms with Gasteiger partial charge in [0.25, 0.3) is 5.91 Å². The number of rotatable bonds is 6. The van der Waals surface area contributed by atoms with Crippen molar-refractivity contribution in [1.29, 1.82) is 0 Å². The number of carbonyl (C=O) groups is 1. The van der Waals surface area contributed by atoms with E-state index >= 15 is 0 Å². The molecule has 1 N–H and O–H groups in total. The molecule has 0 radical (unpaired) electrons. The van der Waals surface area contributed by atoms with Gasteiger partial charge in [-0.1, -0.05) is 24.3 Å². The minimum atomic E-state index is -0.0606. The second-order valence-corrected chi connectivity index (χ2v) is 3.42. The molecule has 0 heterocycles. The lowest BCUT2D eigenvalue weighted by Gasteiger charge is -2.08. The summed E-state index contributed by atoms with van der Waals surface area (Å²) >= 11 is 0. The van der Waals surface area contributed by atoms with Crippen molar-refractivity contribution in [3.8, 4) is 0 Å². The highest BCUT2D eigenvalue weighted by molar-refractivity contribution is 5.95. The van der Waals surface area contributed by atoms with Crippen LogP contribution in [0.1, 0.15) is 22.3 Å². The number of methoxy groups -OCH3 is 1. The smallest absolute Gasteiger partial charge is 0.251 e. The molecular weight excluding hydrogens is 202 g/mol. The highest BCUT2D eigenvalue weighted by Gasteiger charge is 2.09. The minimum Gasteiger partial charge on any atom is -0.380 e. The van der Waals surface area contributed by atoms with Gasteiger partial charge in [0.1, 0.15) is 0 Å². The predicted molar refractivity (Wildman–Crippen MR) is 64.3 cm³/mol. The third-order valence-corrected chi connectivity index (χ3v) is 2.20. The van der Waals surface area contributed by atoms with Crippen molar-refractivity contribution in [2.45, 2.75) is 13.0 Å². The topological polar surface area (TPSA) is 38.3 Å². The van der Waals surface area contributed by atoms with Gasteiger partial charge in [0, 0.05) is 19.2 Å². The quantitative estimate of drug-likeness (QED) is 0.588. The molecule has 0 atom stereocenters. The molecule has 1 aromatic carbocycles. The molecule has 0 bridgehead atoms. The van der Waals surface area contributed by atoms with Gasteiger partial charge in [0.05, 0.1) is 6.61 Å². The molecule has 3 heteroatoms. The second kappa shape index (κ2) is 6.80. The fraction of sp³-hybridized carbons (Fsp3) is 0.308. The average molecular weight is 219 g/mol. The van der Waals surface area contributed by atoms with Gasteiger partial charge in [-0.25, -0.2) is 0 Å². The fourth-order valence-corrected chi connectivity index (χ4v) is 1.41. The van der Waals surface area contributed by atoms with Crippen molar-refractivity contribution in [3.63, 3.8) is 0 Å². The summed E-state index contributed by atoms with van der Waals surface area (Å²) < 4.78 is 5.05. The molecule has 16 heavy (non-hydrogen) atoms. The third kappa shape index (κ3) is 3.51. The van der Waals surface area contributed by atoms with E-state index in [0.29, 0.717) is 18.7 Å². The first kappa shape index (κ1) is 12.5. The summed E-state index contributed by atoms with van der Waals surface area (Å²) in [7, 11) is 1.62. The van der Waals surface area contributed by atoms with Gasteiger partial charge >= 0.3 is 0 Å². The van der Waals surface area contributed by atoms with Crippen LogP contribution >= 0.6 is 0 Å². The maximum Gasteiger partial charge on any atom is 0.251 e. The lowest BCUT2D eigenvalue weighted by Crippen LogP contribution is -2.25. The van der Waals surface area contributed by atoms with Gasteiger partial charge in [-0.05, 0) is 18.1 Å². The van der Waals surface area contributed by atoms with E-state index in [0.717, 1.165) is 12.0 Å². The zero-order valence-electron chi connectivity index (χ0n) is 9.53. The normalized spacial score (nSPS) is 9.81. The summed E-state index contributed by atoms with van der Waals surface area (Å²) in [5.74, 6) is -0.0606. The van der Waals surface area contributed by atoms with Crippen molar-refractivity contribution in [2.24, 2.45) is 0 Å². The van der Waals surface area contributed by atoms with Crippen LogP contribution in [0.4, 0.5) is 0 Å². The van der Waals surface area contributed by atoms with Crippen LogP contribution in [0, 0.1) is 0 Å². The predicted octanol–water partition coefficient (Wildman–Crippen LogP) is 2.14. The second-order valence-electron chi connectivity index (χ2n) is 3.42. The van der Waals surface area contributed by atoms with E-state index in [2.05, 4.69) is 11.9 Å². The van der Waals surface area contributed by atoms with Crippen LogP contribution in [0.15, 0.2) is 36.9 Å². The van der Waals surface area contributed by atoms with Crippen molar-refractivity contribution < 1.29 is 9.53 Å². The van der Waals surface area contributed by atoms with Crippen molar-refractivity contribution in [1.82, 2.24) is 5.32 Å². The number of benzene rings is 1. The largest absolute Gasteiger partial charge is 0.380 e. The van der Waals surface area contributed by atoms with E-state index in [4.69, 9.17) is 4.74 Å². The van der Waals surface area contributed by atoms with Crippen LogP contribution in [-0.2, 0) is 11.3 Å². The Hall–Kier alpha value is -1.61. The van der Waals surface area contributed by atoms with Gasteiger partial charge in [-0.15, -0.1) is 6.58 Å². The molecule has 0 unspecified atom stereocenters. The van der Waals surface area contributed by atoms with Crippen LogP contribution in [0.2, 0.25) is 0 Å². The van der Waals surface area contributed by atoms with Gasteiger partial charge < -0.3 is 10.1 Å². The highest BCUT2D eigenvalue weighted by Crippen LogP contribution is 2.09. The molecule has 3 nitrogen and oxygen atoms in total. The first-order valence-corrected chi connectivity index (χ1v) is 5.25. The van der Waals surface area contributed by atoms with Gasteiger partial charge in [-0.2, -0.15) is 0 Å². The van der Waals surface area contributed by atoms with Crippen molar-refractivity contribution in [2.75, 3.05) is 13.7 Å². The Kier molecular flexibility index (Phi) is 5.29. The average Bonchev–Trinajstić information content (AvgIpc) is 2.30. The van der Waals surface area contributed by atoms with E-state index in [1.165, 1.54) is 0 Å². The molecule has 0 aliphatic heterocycles. The Labute approximate surface area is 96.1 Å². The van der Waals surface area contributed by atoms with Crippen LogP contribution in [-0.4, -0.2) is 19.6 Å². The summed E-state index contributed by atoms with van der Waals surface area (Å²) in [6.45, 7) is 4.67. The molecule has 1 aromatic rings. The van der Waals surface area contributed by atoms with Crippen molar-refractivity contribution >= 4 is 5.91 Å². The number of hydrogen-bond acceptors (Lipinski definition) is 2. The monoisotopic (exact) mass is 219 g/mol. The maximum absolute atomic E-state index is 11.8. The molecule has 0 aliphatic rings.